The number of amides is 1. The average Bonchev–Trinajstić information content (AvgIpc) is 3.24. The first-order chi connectivity index (χ1) is 15.3. The van der Waals surface area contributed by atoms with Crippen LogP contribution in [-0.2, 0) is 11.0 Å². The molecule has 2 aliphatic rings. The number of alkyl halides is 3. The minimum absolute atomic E-state index is 0.0862. The third-order valence-electron chi connectivity index (χ3n) is 5.58. The molecule has 0 unspecified atom stereocenters. The van der Waals surface area contributed by atoms with Gasteiger partial charge >= 0.3 is 6.18 Å². The van der Waals surface area contributed by atoms with E-state index in [9.17, 15) is 18.0 Å². The third kappa shape index (κ3) is 3.41. The van der Waals surface area contributed by atoms with Crippen molar-refractivity contribution in [1.82, 2.24) is 0 Å². The van der Waals surface area contributed by atoms with Crippen LogP contribution in [0.4, 0.5) is 18.9 Å². The van der Waals surface area contributed by atoms with Gasteiger partial charge in [0.05, 0.1) is 5.56 Å². The zero-order valence-corrected chi connectivity index (χ0v) is 16.9. The lowest BCUT2D eigenvalue weighted by molar-refractivity contribution is -0.138. The molecule has 5 nitrogen and oxygen atoms in total. The van der Waals surface area contributed by atoms with Crippen molar-refractivity contribution in [3.63, 3.8) is 0 Å². The van der Waals surface area contributed by atoms with E-state index >= 15 is 0 Å². The predicted molar refractivity (Wildman–Crippen MR) is 110 cm³/mol. The summed E-state index contributed by atoms with van der Waals surface area (Å²) in [6, 6.07) is 16.6. The van der Waals surface area contributed by atoms with Crippen LogP contribution in [0.15, 0.2) is 66.7 Å². The van der Waals surface area contributed by atoms with Gasteiger partial charge in [-0.3, -0.25) is 9.69 Å². The van der Waals surface area contributed by atoms with Crippen LogP contribution in [0.1, 0.15) is 22.7 Å². The molecule has 8 heteroatoms. The summed E-state index contributed by atoms with van der Waals surface area (Å²) in [5.41, 5.74) is 0.847. The van der Waals surface area contributed by atoms with Crippen LogP contribution < -0.4 is 19.1 Å². The normalized spacial score (nSPS) is 19.6. The molecule has 0 N–H and O–H groups in total. The Morgan fingerprint density at radius 3 is 2.53 bits per heavy atom. The smallest absolute Gasteiger partial charge is 0.416 e. The number of anilines is 1. The van der Waals surface area contributed by atoms with Crippen LogP contribution in [0.25, 0.3) is 0 Å². The number of carbonyl (C=O) groups excluding carboxylic acids is 1. The number of carbonyl (C=O) groups is 1. The molecule has 3 aromatic rings. The molecule has 0 spiro atoms. The quantitative estimate of drug-likeness (QED) is 0.517. The summed E-state index contributed by atoms with van der Waals surface area (Å²) in [6.45, 7) is 1.95. The van der Waals surface area contributed by atoms with Crippen molar-refractivity contribution in [2.75, 3.05) is 11.7 Å². The van der Waals surface area contributed by atoms with E-state index in [4.69, 9.17) is 14.2 Å². The fourth-order valence-corrected chi connectivity index (χ4v) is 3.94. The Morgan fingerprint density at radius 2 is 1.75 bits per heavy atom. The summed E-state index contributed by atoms with van der Waals surface area (Å²) in [5, 5.41) is 0. The monoisotopic (exact) mass is 441 g/mol. The molecule has 0 bridgehead atoms. The van der Waals surface area contributed by atoms with Crippen LogP contribution in [-0.4, -0.2) is 18.8 Å². The predicted octanol–water partition coefficient (Wildman–Crippen LogP) is 5.28. The Balaban J connectivity index is 1.54. The Morgan fingerprint density at radius 1 is 0.969 bits per heavy atom. The first kappa shape index (κ1) is 20.2. The van der Waals surface area contributed by atoms with Crippen molar-refractivity contribution in [1.29, 1.82) is 0 Å². The number of benzene rings is 3. The highest BCUT2D eigenvalue weighted by atomic mass is 19.4. The van der Waals surface area contributed by atoms with E-state index in [2.05, 4.69) is 0 Å². The number of aryl methyl sites for hydroxylation is 1. The van der Waals surface area contributed by atoms with Crippen molar-refractivity contribution >= 4 is 11.6 Å². The fourth-order valence-electron chi connectivity index (χ4n) is 3.94. The van der Waals surface area contributed by atoms with E-state index in [0.29, 0.717) is 22.8 Å². The number of hydrogen-bond acceptors (Lipinski definition) is 4. The standard InChI is InChI=1S/C24H18F3NO4/c1-14-5-2-3-8-18(14)32-22-21(15-9-10-19-20(11-15)31-13-30-19)28(23(22)29)17-7-4-6-16(12-17)24(25,26)27/h2-12,21-22H,13H2,1H3/t21-,22-/m1/s1. The number of fused-ring (bicyclic) bond motifs is 1. The van der Waals surface area contributed by atoms with Gasteiger partial charge in [0.2, 0.25) is 12.9 Å². The maximum Gasteiger partial charge on any atom is 0.416 e. The minimum Gasteiger partial charge on any atom is -0.478 e. The molecule has 2 aliphatic heterocycles. The molecule has 1 amide bonds. The summed E-state index contributed by atoms with van der Waals surface area (Å²) in [6.07, 6.45) is -5.42. The number of ether oxygens (including phenoxy) is 3. The number of β-lactam (4-membered cyclic amide) rings is 1. The average molecular weight is 441 g/mol. The number of hydrogen-bond donors (Lipinski definition) is 0. The van der Waals surface area contributed by atoms with Gasteiger partial charge in [-0.2, -0.15) is 13.2 Å². The Bertz CT molecular complexity index is 1190. The van der Waals surface area contributed by atoms with Gasteiger partial charge < -0.3 is 14.2 Å². The highest BCUT2D eigenvalue weighted by Gasteiger charge is 2.51. The molecule has 0 radical (unpaired) electrons. The molecular formula is C24H18F3NO4. The maximum absolute atomic E-state index is 13.3. The summed E-state index contributed by atoms with van der Waals surface area (Å²) < 4.78 is 56.7. The molecule has 2 heterocycles. The van der Waals surface area contributed by atoms with Gasteiger partial charge in [0, 0.05) is 5.69 Å². The highest BCUT2D eigenvalue weighted by molar-refractivity contribution is 6.05. The molecule has 0 saturated carbocycles. The first-order valence-electron chi connectivity index (χ1n) is 9.95. The van der Waals surface area contributed by atoms with Crippen molar-refractivity contribution in [2.24, 2.45) is 0 Å². The van der Waals surface area contributed by atoms with Gasteiger partial charge in [0.15, 0.2) is 11.5 Å². The lowest BCUT2D eigenvalue weighted by Crippen LogP contribution is -2.61. The van der Waals surface area contributed by atoms with E-state index in [-0.39, 0.29) is 12.5 Å². The molecule has 0 aromatic heterocycles. The second-order valence-corrected chi connectivity index (χ2v) is 7.62. The Hall–Kier alpha value is -3.68. The van der Waals surface area contributed by atoms with Crippen molar-refractivity contribution in [3.8, 4) is 17.2 Å². The highest BCUT2D eigenvalue weighted by Crippen LogP contribution is 2.45. The van der Waals surface area contributed by atoms with Gasteiger partial charge in [-0.1, -0.05) is 30.3 Å². The van der Waals surface area contributed by atoms with Crippen LogP contribution in [0.5, 0.6) is 17.2 Å². The van der Waals surface area contributed by atoms with E-state index in [1.807, 2.05) is 19.1 Å². The topological polar surface area (TPSA) is 48.0 Å². The van der Waals surface area contributed by atoms with Crippen molar-refractivity contribution < 1.29 is 32.2 Å². The number of nitrogens with zero attached hydrogens (tertiary/aromatic N) is 1. The molecule has 1 fully saturated rings. The van der Waals surface area contributed by atoms with Crippen molar-refractivity contribution in [2.45, 2.75) is 25.2 Å². The van der Waals surface area contributed by atoms with Gasteiger partial charge in [-0.05, 0) is 54.4 Å². The Kier molecular flexibility index (Phi) is 4.73. The third-order valence-corrected chi connectivity index (χ3v) is 5.58. The second-order valence-electron chi connectivity index (χ2n) is 7.62. The fraction of sp³-hybridized carbons (Fsp3) is 0.208. The SMILES string of the molecule is Cc1ccccc1O[C@H]1C(=O)N(c2cccc(C(F)(F)F)c2)[C@@H]1c1ccc2c(c1)OCO2. The number of para-hydroxylation sites is 1. The zero-order valence-electron chi connectivity index (χ0n) is 16.9. The van der Waals surface area contributed by atoms with Gasteiger partial charge in [0.25, 0.3) is 5.91 Å². The first-order valence-corrected chi connectivity index (χ1v) is 9.95. The molecule has 1 saturated heterocycles. The summed E-state index contributed by atoms with van der Waals surface area (Å²) in [7, 11) is 0. The summed E-state index contributed by atoms with van der Waals surface area (Å²) in [4.78, 5) is 14.4. The minimum atomic E-state index is -4.52. The van der Waals surface area contributed by atoms with E-state index in [0.717, 1.165) is 17.7 Å². The van der Waals surface area contributed by atoms with Gasteiger partial charge in [-0.25, -0.2) is 0 Å². The largest absolute Gasteiger partial charge is 0.478 e. The second kappa shape index (κ2) is 7.47. The lowest BCUT2D eigenvalue weighted by atomic mass is 9.89. The van der Waals surface area contributed by atoms with Crippen LogP contribution >= 0.6 is 0 Å². The molecule has 2 atom stereocenters. The van der Waals surface area contributed by atoms with Crippen LogP contribution in [0, 0.1) is 6.92 Å². The summed E-state index contributed by atoms with van der Waals surface area (Å²) >= 11 is 0. The van der Waals surface area contributed by atoms with Gasteiger partial charge in [-0.15, -0.1) is 0 Å². The number of halogens is 3. The van der Waals surface area contributed by atoms with Crippen LogP contribution in [0.2, 0.25) is 0 Å². The van der Waals surface area contributed by atoms with E-state index in [1.165, 1.54) is 17.0 Å². The van der Waals surface area contributed by atoms with E-state index in [1.54, 1.807) is 30.3 Å². The molecular weight excluding hydrogens is 423 g/mol. The molecule has 32 heavy (non-hydrogen) atoms. The number of rotatable bonds is 4. The summed E-state index contributed by atoms with van der Waals surface area (Å²) in [5.74, 6) is 1.21. The lowest BCUT2D eigenvalue weighted by Gasteiger charge is -2.47. The zero-order chi connectivity index (χ0) is 22.5. The molecule has 5 rings (SSSR count). The van der Waals surface area contributed by atoms with Gasteiger partial charge in [0.1, 0.15) is 11.8 Å². The Labute approximate surface area is 181 Å². The maximum atomic E-state index is 13.3. The van der Waals surface area contributed by atoms with Crippen molar-refractivity contribution in [3.05, 3.63) is 83.4 Å². The molecule has 0 aliphatic carbocycles. The van der Waals surface area contributed by atoms with Crippen LogP contribution in [0.3, 0.4) is 0 Å². The van der Waals surface area contributed by atoms with E-state index < -0.39 is 29.8 Å². The molecule has 3 aromatic carbocycles. The molecule has 164 valence electrons.